The van der Waals surface area contributed by atoms with Crippen LogP contribution in [0.15, 0.2) is 18.2 Å². The zero-order chi connectivity index (χ0) is 13.7. The van der Waals surface area contributed by atoms with Gasteiger partial charge in [-0.15, -0.1) is 0 Å². The molecule has 1 rings (SSSR count). The topological polar surface area (TPSA) is 111 Å². The lowest BCUT2D eigenvalue weighted by atomic mass is 10.0. The Labute approximate surface area is 104 Å². The number of hydrogen-bond acceptors (Lipinski definition) is 6. The molecule has 6 heteroatoms. The number of nitrogens with zero attached hydrogens (tertiary/aromatic N) is 1. The van der Waals surface area contributed by atoms with E-state index in [9.17, 15) is 20.1 Å². The van der Waals surface area contributed by atoms with Crippen molar-refractivity contribution in [1.82, 2.24) is 0 Å². The lowest BCUT2D eigenvalue weighted by molar-refractivity contribution is -0.159. The number of ether oxygens (including phenoxy) is 1. The molecule has 0 radical (unpaired) electrons. The number of aliphatic hydroxyl groups is 2. The normalized spacial score (nSPS) is 13.4. The van der Waals surface area contributed by atoms with Crippen LogP contribution in [0.4, 0.5) is 0 Å². The fourth-order valence-corrected chi connectivity index (χ4v) is 1.37. The number of phenolic OH excluding ortho intramolecular Hbond substituents is 1. The monoisotopic (exact) mass is 251 g/mol. The van der Waals surface area contributed by atoms with Crippen LogP contribution >= 0.6 is 0 Å². The van der Waals surface area contributed by atoms with Gasteiger partial charge in [0.2, 0.25) is 0 Å². The summed E-state index contributed by atoms with van der Waals surface area (Å²) in [6.45, 7) is 1.66. The number of phenols is 1. The van der Waals surface area contributed by atoms with Crippen LogP contribution in [0.2, 0.25) is 0 Å². The molecule has 96 valence electrons. The van der Waals surface area contributed by atoms with Crippen LogP contribution in [0.5, 0.6) is 5.75 Å². The van der Waals surface area contributed by atoms with Crippen LogP contribution in [0.1, 0.15) is 24.2 Å². The minimum atomic E-state index is -1.74. The summed E-state index contributed by atoms with van der Waals surface area (Å²) in [6, 6.07) is 5.49. The highest BCUT2D eigenvalue weighted by molar-refractivity contribution is 5.75. The van der Waals surface area contributed by atoms with E-state index in [0.29, 0.717) is 0 Å². The van der Waals surface area contributed by atoms with Crippen molar-refractivity contribution < 1.29 is 24.9 Å². The molecule has 0 fully saturated rings. The summed E-state index contributed by atoms with van der Waals surface area (Å²) in [4.78, 5) is 11.2. The maximum absolute atomic E-state index is 11.2. The van der Waals surface area contributed by atoms with E-state index in [0.717, 1.165) is 6.07 Å². The number of carbonyl (C=O) groups is 1. The number of benzene rings is 1. The van der Waals surface area contributed by atoms with Crippen molar-refractivity contribution in [3.8, 4) is 11.8 Å². The average Bonchev–Trinajstić information content (AvgIpc) is 2.37. The Morgan fingerprint density at radius 1 is 1.50 bits per heavy atom. The summed E-state index contributed by atoms with van der Waals surface area (Å²) in [7, 11) is 0. The van der Waals surface area contributed by atoms with Crippen LogP contribution in [-0.4, -0.2) is 34.0 Å². The molecule has 0 saturated carbocycles. The number of rotatable bonds is 4. The molecule has 0 aliphatic rings. The van der Waals surface area contributed by atoms with E-state index in [4.69, 9.17) is 5.26 Å². The van der Waals surface area contributed by atoms with Gasteiger partial charge in [0.1, 0.15) is 17.9 Å². The fourth-order valence-electron chi connectivity index (χ4n) is 1.37. The quantitative estimate of drug-likeness (QED) is 0.660. The fraction of sp³-hybridized carbons (Fsp3) is 0.333. The predicted octanol–water partition coefficient (Wildman–Crippen LogP) is 0.221. The van der Waals surface area contributed by atoms with Crippen molar-refractivity contribution in [3.05, 3.63) is 29.3 Å². The van der Waals surface area contributed by atoms with E-state index >= 15 is 0 Å². The average molecular weight is 251 g/mol. The van der Waals surface area contributed by atoms with Crippen molar-refractivity contribution >= 4 is 5.97 Å². The van der Waals surface area contributed by atoms with Gasteiger partial charge in [-0.3, -0.25) is 0 Å². The Hall–Kier alpha value is -2.10. The van der Waals surface area contributed by atoms with Crippen LogP contribution in [-0.2, 0) is 9.53 Å². The lowest BCUT2D eigenvalue weighted by Crippen LogP contribution is -2.29. The number of carbonyl (C=O) groups excluding carboxylic acids is 1. The lowest BCUT2D eigenvalue weighted by Gasteiger charge is -2.16. The molecule has 0 spiro atoms. The Kier molecular flexibility index (Phi) is 4.66. The molecule has 0 aliphatic heterocycles. The van der Waals surface area contributed by atoms with Crippen molar-refractivity contribution in [3.63, 3.8) is 0 Å². The van der Waals surface area contributed by atoms with Gasteiger partial charge in [-0.2, -0.15) is 5.26 Å². The first-order chi connectivity index (χ1) is 8.51. The van der Waals surface area contributed by atoms with Crippen LogP contribution in [0.25, 0.3) is 0 Å². The number of aliphatic hydroxyl groups excluding tert-OH is 2. The molecule has 1 aromatic rings. The molecular formula is C12H13NO5. The Balaban J connectivity index is 2.91. The summed E-state index contributed by atoms with van der Waals surface area (Å²) in [6.07, 6.45) is -3.26. The van der Waals surface area contributed by atoms with Crippen LogP contribution < -0.4 is 0 Å². The molecule has 0 bridgehead atoms. The van der Waals surface area contributed by atoms with Crippen LogP contribution in [0.3, 0.4) is 0 Å². The minimum absolute atomic E-state index is 0.0385. The predicted molar refractivity (Wildman–Crippen MR) is 60.4 cm³/mol. The maximum atomic E-state index is 11.2. The van der Waals surface area contributed by atoms with Gasteiger partial charge in [0.15, 0.2) is 6.10 Å². The second kappa shape index (κ2) is 6.00. The molecule has 0 saturated heterocycles. The standard InChI is InChI=1S/C12H13NO5/c1-2-18-12(17)11(16)10(15)7-3-4-8(6-13)9(14)5-7/h3-5,10-11,14-16H,2H2,1H3. The number of nitriles is 1. The molecule has 1 aromatic carbocycles. The first kappa shape index (κ1) is 14.0. The molecule has 0 aromatic heterocycles. The number of esters is 1. The van der Waals surface area contributed by atoms with Gasteiger partial charge in [-0.1, -0.05) is 6.07 Å². The first-order valence-electron chi connectivity index (χ1n) is 5.27. The summed E-state index contributed by atoms with van der Waals surface area (Å²) in [5.41, 5.74) is 0.156. The SMILES string of the molecule is CCOC(=O)C(O)C(O)c1ccc(C#N)c(O)c1. The van der Waals surface area contributed by atoms with E-state index in [1.165, 1.54) is 12.1 Å². The van der Waals surface area contributed by atoms with Gasteiger partial charge < -0.3 is 20.1 Å². The Morgan fingerprint density at radius 2 is 2.17 bits per heavy atom. The molecule has 0 aliphatic carbocycles. The largest absolute Gasteiger partial charge is 0.507 e. The van der Waals surface area contributed by atoms with E-state index in [2.05, 4.69) is 4.74 Å². The van der Waals surface area contributed by atoms with Crippen molar-refractivity contribution in [1.29, 1.82) is 5.26 Å². The smallest absolute Gasteiger partial charge is 0.338 e. The number of aromatic hydroxyl groups is 1. The van der Waals surface area contributed by atoms with Crippen molar-refractivity contribution in [2.45, 2.75) is 19.1 Å². The van der Waals surface area contributed by atoms with E-state index < -0.39 is 18.2 Å². The molecule has 18 heavy (non-hydrogen) atoms. The third kappa shape index (κ3) is 2.97. The molecular weight excluding hydrogens is 238 g/mol. The van der Waals surface area contributed by atoms with Gasteiger partial charge >= 0.3 is 5.97 Å². The van der Waals surface area contributed by atoms with E-state index in [1.807, 2.05) is 0 Å². The summed E-state index contributed by atoms with van der Waals surface area (Å²) in [5.74, 6) is -1.28. The minimum Gasteiger partial charge on any atom is -0.507 e. The van der Waals surface area contributed by atoms with E-state index in [-0.39, 0.29) is 23.5 Å². The maximum Gasteiger partial charge on any atom is 0.338 e. The highest BCUT2D eigenvalue weighted by Crippen LogP contribution is 2.24. The van der Waals surface area contributed by atoms with Crippen molar-refractivity contribution in [2.75, 3.05) is 6.61 Å². The molecule has 6 nitrogen and oxygen atoms in total. The molecule has 0 heterocycles. The summed E-state index contributed by atoms with van der Waals surface area (Å²) >= 11 is 0. The summed E-state index contributed by atoms with van der Waals surface area (Å²) < 4.78 is 4.56. The van der Waals surface area contributed by atoms with Crippen LogP contribution in [0, 0.1) is 11.3 Å². The van der Waals surface area contributed by atoms with Gasteiger partial charge in [0.25, 0.3) is 0 Å². The van der Waals surface area contributed by atoms with E-state index in [1.54, 1.807) is 13.0 Å². The molecule has 0 amide bonds. The Bertz CT molecular complexity index is 480. The highest BCUT2D eigenvalue weighted by Gasteiger charge is 2.27. The van der Waals surface area contributed by atoms with Gasteiger partial charge in [-0.25, -0.2) is 4.79 Å². The first-order valence-corrected chi connectivity index (χ1v) is 5.27. The molecule has 2 unspecified atom stereocenters. The zero-order valence-corrected chi connectivity index (χ0v) is 9.70. The van der Waals surface area contributed by atoms with Gasteiger partial charge in [0.05, 0.1) is 12.2 Å². The van der Waals surface area contributed by atoms with Gasteiger partial charge in [-0.05, 0) is 24.6 Å². The summed E-state index contributed by atoms with van der Waals surface area (Å²) in [5, 5.41) is 37.3. The van der Waals surface area contributed by atoms with Crippen molar-refractivity contribution in [2.24, 2.45) is 0 Å². The second-order valence-electron chi connectivity index (χ2n) is 3.53. The zero-order valence-electron chi connectivity index (χ0n) is 9.70. The molecule has 3 N–H and O–H groups in total. The van der Waals surface area contributed by atoms with Gasteiger partial charge in [0, 0.05) is 0 Å². The highest BCUT2D eigenvalue weighted by atomic mass is 16.5. The third-order valence-corrected chi connectivity index (χ3v) is 2.31. The second-order valence-corrected chi connectivity index (χ2v) is 3.53. The Morgan fingerprint density at radius 3 is 2.67 bits per heavy atom. The molecule has 2 atom stereocenters. The third-order valence-electron chi connectivity index (χ3n) is 2.31. The number of hydrogen-bond donors (Lipinski definition) is 3.